The van der Waals surface area contributed by atoms with Crippen LogP contribution in [0, 0.1) is 0 Å². The number of amidine groups is 1. The number of hydrogen-bond acceptors (Lipinski definition) is 2. The fraction of sp³-hybridized carbons (Fsp3) is 0.600. The van der Waals surface area contributed by atoms with Crippen molar-refractivity contribution in [1.82, 2.24) is 0 Å². The third kappa shape index (κ3) is 3.52. The average Bonchev–Trinajstić information content (AvgIpc) is 1.63. The predicted octanol–water partition coefficient (Wildman–Crippen LogP) is -0.763. The summed E-state index contributed by atoms with van der Waals surface area (Å²) in [5.74, 6) is -0.0823. The number of hydrogen-bond donors (Lipinski definition) is 2. The van der Waals surface area contributed by atoms with E-state index in [0.717, 1.165) is 0 Å². The molecule has 9 heavy (non-hydrogen) atoms. The smallest absolute Gasteiger partial charge is 0.241 e. The number of carbonyl (C=O) groups excluding carboxylic acids is 1. The molecule has 0 saturated heterocycles. The molecule has 0 rings (SSSR count). The summed E-state index contributed by atoms with van der Waals surface area (Å²) in [7, 11) is 0. The van der Waals surface area contributed by atoms with Crippen LogP contribution < -0.4 is 11.5 Å². The van der Waals surface area contributed by atoms with Crippen molar-refractivity contribution in [2.24, 2.45) is 16.5 Å². The molecule has 0 radical (unpaired) electrons. The van der Waals surface area contributed by atoms with Crippen molar-refractivity contribution in [3.8, 4) is 0 Å². The third-order valence-electron chi connectivity index (χ3n) is 0.809. The van der Waals surface area contributed by atoms with Crippen LogP contribution in [0.5, 0.6) is 0 Å². The molecule has 0 aliphatic carbocycles. The molecule has 0 aliphatic rings. The molecular formula is C5H11N3O. The standard InChI is InChI=1S/C5H11N3O/c1-3(5(7)9)8-4(2)6/h3H,1-2H3,(H2,6,8)(H2,7,9). The number of nitrogens with zero attached hydrogens (tertiary/aromatic N) is 1. The third-order valence-corrected chi connectivity index (χ3v) is 0.809. The molecule has 4 N–H and O–H groups in total. The van der Waals surface area contributed by atoms with E-state index >= 15 is 0 Å². The number of amides is 1. The minimum absolute atomic E-state index is 0.376. The Balaban J connectivity index is 3.91. The zero-order valence-corrected chi connectivity index (χ0v) is 5.59. The van der Waals surface area contributed by atoms with Crippen LogP contribution in [0.15, 0.2) is 4.99 Å². The second-order valence-corrected chi connectivity index (χ2v) is 1.85. The fourth-order valence-electron chi connectivity index (χ4n) is 0.369. The largest absolute Gasteiger partial charge is 0.388 e. The van der Waals surface area contributed by atoms with Gasteiger partial charge in [-0.25, -0.2) is 0 Å². The van der Waals surface area contributed by atoms with Crippen LogP contribution in [0.3, 0.4) is 0 Å². The highest BCUT2D eigenvalue weighted by atomic mass is 16.1. The molecule has 0 aliphatic heterocycles. The van der Waals surface area contributed by atoms with Gasteiger partial charge in [0, 0.05) is 0 Å². The molecule has 52 valence electrons. The van der Waals surface area contributed by atoms with Gasteiger partial charge < -0.3 is 11.5 Å². The van der Waals surface area contributed by atoms with Crippen molar-refractivity contribution < 1.29 is 4.79 Å². The number of aliphatic imine (C=N–C) groups is 1. The van der Waals surface area contributed by atoms with Crippen molar-refractivity contribution >= 4 is 11.7 Å². The van der Waals surface area contributed by atoms with Gasteiger partial charge in [-0.2, -0.15) is 0 Å². The van der Waals surface area contributed by atoms with Crippen molar-refractivity contribution in [2.45, 2.75) is 19.9 Å². The summed E-state index contributed by atoms with van der Waals surface area (Å²) in [5, 5.41) is 0. The van der Waals surface area contributed by atoms with Gasteiger partial charge in [0.15, 0.2) is 0 Å². The predicted molar refractivity (Wildman–Crippen MR) is 36.0 cm³/mol. The maximum absolute atomic E-state index is 10.3. The first kappa shape index (κ1) is 7.94. The molecule has 1 unspecified atom stereocenters. The molecule has 0 fully saturated rings. The van der Waals surface area contributed by atoms with E-state index in [2.05, 4.69) is 4.99 Å². The van der Waals surface area contributed by atoms with Crippen LogP contribution in [-0.4, -0.2) is 17.8 Å². The number of primary amides is 1. The number of rotatable bonds is 2. The van der Waals surface area contributed by atoms with E-state index in [1.807, 2.05) is 0 Å². The SMILES string of the molecule is CC(N)=NC(C)C(N)=O. The summed E-state index contributed by atoms with van der Waals surface area (Å²) < 4.78 is 0. The minimum atomic E-state index is -0.505. The summed E-state index contributed by atoms with van der Waals surface area (Å²) in [5.41, 5.74) is 10.1. The van der Waals surface area contributed by atoms with E-state index in [1.165, 1.54) is 0 Å². The van der Waals surface area contributed by atoms with E-state index in [0.29, 0.717) is 5.84 Å². The lowest BCUT2D eigenvalue weighted by atomic mass is 10.3. The zero-order chi connectivity index (χ0) is 7.44. The Bertz CT molecular complexity index is 137. The minimum Gasteiger partial charge on any atom is -0.388 e. The molecule has 0 aromatic carbocycles. The van der Waals surface area contributed by atoms with Crippen LogP contribution in [-0.2, 0) is 4.79 Å². The fourth-order valence-corrected chi connectivity index (χ4v) is 0.369. The van der Waals surface area contributed by atoms with E-state index in [1.54, 1.807) is 13.8 Å². The van der Waals surface area contributed by atoms with Gasteiger partial charge in [0.05, 0.1) is 5.84 Å². The van der Waals surface area contributed by atoms with E-state index < -0.39 is 11.9 Å². The van der Waals surface area contributed by atoms with Gasteiger partial charge in [-0.05, 0) is 13.8 Å². The highest BCUT2D eigenvalue weighted by molar-refractivity contribution is 5.85. The van der Waals surface area contributed by atoms with Crippen LogP contribution in [0.4, 0.5) is 0 Å². The van der Waals surface area contributed by atoms with E-state index in [4.69, 9.17) is 11.5 Å². The molecule has 1 atom stereocenters. The molecule has 1 amide bonds. The first-order valence-corrected chi connectivity index (χ1v) is 2.63. The first-order chi connectivity index (χ1) is 4.04. The summed E-state index contributed by atoms with van der Waals surface area (Å²) in [6.07, 6.45) is 0. The van der Waals surface area contributed by atoms with Gasteiger partial charge in [-0.3, -0.25) is 9.79 Å². The van der Waals surface area contributed by atoms with Gasteiger partial charge >= 0.3 is 0 Å². The molecule has 0 spiro atoms. The monoisotopic (exact) mass is 129 g/mol. The van der Waals surface area contributed by atoms with Crippen LogP contribution in [0.1, 0.15) is 13.8 Å². The Morgan fingerprint density at radius 1 is 1.56 bits per heavy atom. The van der Waals surface area contributed by atoms with E-state index in [9.17, 15) is 4.79 Å². The highest BCUT2D eigenvalue weighted by Gasteiger charge is 2.03. The van der Waals surface area contributed by atoms with Crippen LogP contribution in [0.25, 0.3) is 0 Å². The Labute approximate surface area is 53.9 Å². The first-order valence-electron chi connectivity index (χ1n) is 2.63. The summed E-state index contributed by atoms with van der Waals surface area (Å²) >= 11 is 0. The molecule has 0 bridgehead atoms. The van der Waals surface area contributed by atoms with Crippen LogP contribution in [0.2, 0.25) is 0 Å². The normalized spacial score (nSPS) is 15.1. The molecule has 0 aromatic rings. The van der Waals surface area contributed by atoms with Gasteiger partial charge in [-0.15, -0.1) is 0 Å². The van der Waals surface area contributed by atoms with Crippen LogP contribution >= 0.6 is 0 Å². The number of nitrogens with two attached hydrogens (primary N) is 2. The molecule has 4 nitrogen and oxygen atoms in total. The van der Waals surface area contributed by atoms with Gasteiger partial charge in [0.2, 0.25) is 5.91 Å². The maximum atomic E-state index is 10.3. The number of carbonyl (C=O) groups is 1. The molecule has 0 saturated carbocycles. The Kier molecular flexibility index (Phi) is 2.70. The van der Waals surface area contributed by atoms with E-state index in [-0.39, 0.29) is 0 Å². The van der Waals surface area contributed by atoms with Crippen molar-refractivity contribution in [3.63, 3.8) is 0 Å². The van der Waals surface area contributed by atoms with Crippen molar-refractivity contribution in [1.29, 1.82) is 0 Å². The average molecular weight is 129 g/mol. The maximum Gasteiger partial charge on any atom is 0.241 e. The molecule has 4 heteroatoms. The molecule has 0 heterocycles. The lowest BCUT2D eigenvalue weighted by molar-refractivity contribution is -0.118. The van der Waals surface area contributed by atoms with Gasteiger partial charge in [0.1, 0.15) is 6.04 Å². The lowest BCUT2D eigenvalue weighted by Gasteiger charge is -1.98. The second kappa shape index (κ2) is 3.06. The lowest BCUT2D eigenvalue weighted by Crippen LogP contribution is -2.26. The topological polar surface area (TPSA) is 81.5 Å². The zero-order valence-electron chi connectivity index (χ0n) is 5.59. The van der Waals surface area contributed by atoms with Crippen molar-refractivity contribution in [2.75, 3.05) is 0 Å². The molecule has 0 aromatic heterocycles. The summed E-state index contributed by atoms with van der Waals surface area (Å²) in [6, 6.07) is -0.505. The Morgan fingerprint density at radius 2 is 2.00 bits per heavy atom. The summed E-state index contributed by atoms with van der Waals surface area (Å²) in [6.45, 7) is 3.21. The second-order valence-electron chi connectivity index (χ2n) is 1.85. The Morgan fingerprint density at radius 3 is 2.11 bits per heavy atom. The quantitative estimate of drug-likeness (QED) is 0.379. The molecular weight excluding hydrogens is 118 g/mol. The van der Waals surface area contributed by atoms with Gasteiger partial charge in [-0.1, -0.05) is 0 Å². The Hall–Kier alpha value is -1.06. The summed E-state index contributed by atoms with van der Waals surface area (Å²) in [4.78, 5) is 14.0. The highest BCUT2D eigenvalue weighted by Crippen LogP contribution is 1.85. The van der Waals surface area contributed by atoms with Gasteiger partial charge in [0.25, 0.3) is 0 Å². The van der Waals surface area contributed by atoms with Crippen molar-refractivity contribution in [3.05, 3.63) is 0 Å².